The molecule has 1 aromatic carbocycles. The molecule has 0 aliphatic carbocycles. The van der Waals surface area contributed by atoms with Crippen molar-refractivity contribution in [1.82, 2.24) is 0 Å². The topological polar surface area (TPSA) is 46.2 Å². The van der Waals surface area contributed by atoms with Crippen molar-refractivity contribution < 1.29 is 9.59 Å². The number of hydrogen-bond donors (Lipinski definition) is 1. The van der Waals surface area contributed by atoms with E-state index in [9.17, 15) is 9.59 Å². The first-order valence-corrected chi connectivity index (χ1v) is 6.13. The maximum Gasteiger partial charge on any atom is 0.231 e. The average molecular weight is 315 g/mol. The van der Waals surface area contributed by atoms with E-state index in [1.165, 1.54) is 12.1 Å². The van der Waals surface area contributed by atoms with E-state index in [-0.39, 0.29) is 33.8 Å². The van der Waals surface area contributed by atoms with Crippen molar-refractivity contribution in [2.24, 2.45) is 0 Å². The Morgan fingerprint density at radius 1 is 1.12 bits per heavy atom. The summed E-state index contributed by atoms with van der Waals surface area (Å²) in [6, 6.07) is 2.88. The number of Topliss-reactive ketones (excluding diaryl/α,β-unsaturated/α-hetero) is 1. The second-order valence-electron chi connectivity index (χ2n) is 3.14. The van der Waals surface area contributed by atoms with Crippen molar-refractivity contribution in [2.45, 2.75) is 6.42 Å². The number of anilines is 1. The highest BCUT2D eigenvalue weighted by molar-refractivity contribution is 6.42. The Hall–Kier alpha value is -0.480. The SMILES string of the molecule is O=C(CCl)CC(=O)Nc1c(Cl)cc(Cl)cc1Cl. The van der Waals surface area contributed by atoms with Crippen LogP contribution < -0.4 is 5.32 Å². The maximum atomic E-state index is 11.4. The number of benzene rings is 1. The molecule has 1 aromatic rings. The third-order valence-electron chi connectivity index (χ3n) is 1.78. The lowest BCUT2D eigenvalue weighted by molar-refractivity contribution is -0.124. The van der Waals surface area contributed by atoms with Crippen LogP contribution in [0.5, 0.6) is 0 Å². The van der Waals surface area contributed by atoms with E-state index in [4.69, 9.17) is 46.4 Å². The first-order chi connectivity index (χ1) is 7.93. The van der Waals surface area contributed by atoms with Crippen LogP contribution in [0.3, 0.4) is 0 Å². The fourth-order valence-electron chi connectivity index (χ4n) is 1.07. The molecule has 17 heavy (non-hydrogen) atoms. The van der Waals surface area contributed by atoms with Gasteiger partial charge in [0.25, 0.3) is 0 Å². The second kappa shape index (κ2) is 6.45. The molecule has 0 atom stereocenters. The molecule has 0 saturated carbocycles. The lowest BCUT2D eigenvalue weighted by Crippen LogP contribution is -2.17. The van der Waals surface area contributed by atoms with E-state index < -0.39 is 5.91 Å². The predicted octanol–water partition coefficient (Wildman–Crippen LogP) is 3.78. The zero-order valence-electron chi connectivity index (χ0n) is 8.40. The highest BCUT2D eigenvalue weighted by atomic mass is 35.5. The Kier molecular flexibility index (Phi) is 5.53. The summed E-state index contributed by atoms with van der Waals surface area (Å²) in [5.41, 5.74) is 0.227. The standard InChI is InChI=1S/C10H7Cl4NO2/c11-4-6(16)3-9(17)15-10-7(13)1-5(12)2-8(10)14/h1-2H,3-4H2,(H,15,17). The van der Waals surface area contributed by atoms with Gasteiger partial charge in [-0.15, -0.1) is 11.6 Å². The molecule has 0 radical (unpaired) electrons. The van der Waals surface area contributed by atoms with Gasteiger partial charge in [-0.2, -0.15) is 0 Å². The van der Waals surface area contributed by atoms with Crippen LogP contribution in [0.4, 0.5) is 5.69 Å². The Morgan fingerprint density at radius 2 is 1.65 bits per heavy atom. The van der Waals surface area contributed by atoms with Crippen LogP contribution in [-0.2, 0) is 9.59 Å². The Morgan fingerprint density at radius 3 is 2.12 bits per heavy atom. The van der Waals surface area contributed by atoms with Gasteiger partial charge >= 0.3 is 0 Å². The number of hydrogen-bond acceptors (Lipinski definition) is 2. The maximum absolute atomic E-state index is 11.4. The molecule has 0 unspecified atom stereocenters. The molecule has 1 N–H and O–H groups in total. The molecule has 0 saturated heterocycles. The molecule has 0 spiro atoms. The van der Waals surface area contributed by atoms with Crippen molar-refractivity contribution in [3.8, 4) is 0 Å². The highest BCUT2D eigenvalue weighted by Gasteiger charge is 2.13. The van der Waals surface area contributed by atoms with Gasteiger partial charge in [0.15, 0.2) is 5.78 Å². The third-order valence-corrected chi connectivity index (χ3v) is 2.89. The number of halogens is 4. The predicted molar refractivity (Wildman–Crippen MR) is 70.4 cm³/mol. The molecule has 0 bridgehead atoms. The number of carbonyl (C=O) groups is 2. The Balaban J connectivity index is 2.82. The molecule has 0 fully saturated rings. The fourth-order valence-corrected chi connectivity index (χ4v) is 2.08. The van der Waals surface area contributed by atoms with E-state index in [0.29, 0.717) is 5.02 Å². The van der Waals surface area contributed by atoms with Gasteiger partial charge in [-0.1, -0.05) is 34.8 Å². The molecule has 3 nitrogen and oxygen atoms in total. The first kappa shape index (κ1) is 14.6. The van der Waals surface area contributed by atoms with Gasteiger partial charge in [-0.25, -0.2) is 0 Å². The Bertz CT molecular complexity index is 439. The lowest BCUT2D eigenvalue weighted by Gasteiger charge is -2.09. The van der Waals surface area contributed by atoms with Crippen LogP contribution in [0, 0.1) is 0 Å². The molecule has 0 aromatic heterocycles. The monoisotopic (exact) mass is 313 g/mol. The molecule has 0 aliphatic rings. The van der Waals surface area contributed by atoms with E-state index in [2.05, 4.69) is 5.32 Å². The van der Waals surface area contributed by atoms with Crippen LogP contribution in [-0.4, -0.2) is 17.6 Å². The quantitative estimate of drug-likeness (QED) is 0.679. The molecule has 1 amide bonds. The summed E-state index contributed by atoms with van der Waals surface area (Å²) in [5, 5.41) is 3.19. The molecule has 7 heteroatoms. The van der Waals surface area contributed by atoms with Gasteiger partial charge in [0.2, 0.25) is 5.91 Å². The summed E-state index contributed by atoms with van der Waals surface area (Å²) in [6.07, 6.45) is -0.321. The van der Waals surface area contributed by atoms with E-state index in [0.717, 1.165) is 0 Å². The van der Waals surface area contributed by atoms with Crippen LogP contribution in [0.1, 0.15) is 6.42 Å². The van der Waals surface area contributed by atoms with Crippen LogP contribution in [0.2, 0.25) is 15.1 Å². The molecule has 1 rings (SSSR count). The van der Waals surface area contributed by atoms with E-state index >= 15 is 0 Å². The number of alkyl halides is 1. The number of ketones is 1. The zero-order chi connectivity index (χ0) is 13.0. The van der Waals surface area contributed by atoms with Gasteiger partial charge in [-0.05, 0) is 12.1 Å². The summed E-state index contributed by atoms with van der Waals surface area (Å²) >= 11 is 22.7. The molecular formula is C10H7Cl4NO2. The van der Waals surface area contributed by atoms with Crippen LogP contribution >= 0.6 is 46.4 Å². The third kappa shape index (κ3) is 4.36. The van der Waals surface area contributed by atoms with Gasteiger partial charge in [0.05, 0.1) is 28.0 Å². The number of rotatable bonds is 4. The van der Waals surface area contributed by atoms with E-state index in [1.807, 2.05) is 0 Å². The largest absolute Gasteiger partial charge is 0.323 e. The molecule has 0 aliphatic heterocycles. The number of amides is 1. The van der Waals surface area contributed by atoms with Crippen molar-refractivity contribution in [2.75, 3.05) is 11.2 Å². The van der Waals surface area contributed by atoms with Crippen molar-refractivity contribution in [3.05, 3.63) is 27.2 Å². The molecule has 0 heterocycles. The molecule has 92 valence electrons. The van der Waals surface area contributed by atoms with Crippen LogP contribution in [0.25, 0.3) is 0 Å². The zero-order valence-corrected chi connectivity index (χ0v) is 11.4. The van der Waals surface area contributed by atoms with Gasteiger partial charge in [0.1, 0.15) is 0 Å². The van der Waals surface area contributed by atoms with Crippen molar-refractivity contribution in [1.29, 1.82) is 0 Å². The summed E-state index contributed by atoms with van der Waals surface area (Å²) in [6.45, 7) is 0. The van der Waals surface area contributed by atoms with Crippen molar-refractivity contribution in [3.63, 3.8) is 0 Å². The first-order valence-electron chi connectivity index (χ1n) is 4.46. The lowest BCUT2D eigenvalue weighted by atomic mass is 10.2. The average Bonchev–Trinajstić information content (AvgIpc) is 2.23. The van der Waals surface area contributed by atoms with Gasteiger partial charge in [-0.3, -0.25) is 9.59 Å². The summed E-state index contributed by atoms with van der Waals surface area (Å²) < 4.78 is 0. The Labute approximate surface area is 118 Å². The minimum absolute atomic E-state index is 0.203. The van der Waals surface area contributed by atoms with Crippen molar-refractivity contribution >= 4 is 63.8 Å². The van der Waals surface area contributed by atoms with Crippen LogP contribution in [0.15, 0.2) is 12.1 Å². The normalized spacial score (nSPS) is 10.1. The summed E-state index contributed by atoms with van der Waals surface area (Å²) in [7, 11) is 0. The fraction of sp³-hybridized carbons (Fsp3) is 0.200. The minimum atomic E-state index is -0.526. The molecular weight excluding hydrogens is 308 g/mol. The van der Waals surface area contributed by atoms with E-state index in [1.54, 1.807) is 0 Å². The smallest absolute Gasteiger partial charge is 0.231 e. The number of carbonyl (C=O) groups excluding carboxylic acids is 2. The van der Waals surface area contributed by atoms with Gasteiger partial charge in [0, 0.05) is 5.02 Å². The second-order valence-corrected chi connectivity index (χ2v) is 4.66. The summed E-state index contributed by atoms with van der Waals surface area (Å²) in [5.74, 6) is -1.12. The number of nitrogens with one attached hydrogen (secondary N) is 1. The van der Waals surface area contributed by atoms with Gasteiger partial charge < -0.3 is 5.32 Å². The minimum Gasteiger partial charge on any atom is -0.323 e. The highest BCUT2D eigenvalue weighted by Crippen LogP contribution is 2.33. The summed E-state index contributed by atoms with van der Waals surface area (Å²) in [4.78, 5) is 22.4.